The zero-order valence-electron chi connectivity index (χ0n) is 15.1. The molecule has 0 fully saturated rings. The molecule has 0 aromatic heterocycles. The number of carbonyl (C=O) groups is 1. The van der Waals surface area contributed by atoms with Crippen LogP contribution < -0.4 is 0 Å². The van der Waals surface area contributed by atoms with Crippen LogP contribution in [0.3, 0.4) is 0 Å². The molecule has 3 aromatic rings. The van der Waals surface area contributed by atoms with Gasteiger partial charge in [0.2, 0.25) is 15.6 Å². The molecule has 30 heavy (non-hydrogen) atoms. The first-order valence-corrected chi connectivity index (χ1v) is 11.0. The Labute approximate surface area is 185 Å². The SMILES string of the molecule is O=C(/C(=C\c1c(O)cc(O)cc1O)S(=O)(=O)c1ccccc1Br)c1ccc(Cl)cc1. The first-order chi connectivity index (χ1) is 14.1. The van der Waals surface area contributed by atoms with E-state index in [-0.39, 0.29) is 20.5 Å². The first kappa shape index (κ1) is 21.9. The van der Waals surface area contributed by atoms with E-state index in [4.69, 9.17) is 11.6 Å². The first-order valence-electron chi connectivity index (χ1n) is 8.38. The minimum absolute atomic E-state index is 0.0408. The number of carbonyl (C=O) groups excluding carboxylic acids is 1. The van der Waals surface area contributed by atoms with Gasteiger partial charge in [-0.25, -0.2) is 8.42 Å². The third-order valence-corrected chi connectivity index (χ3v) is 7.17. The number of allylic oxidation sites excluding steroid dienone is 1. The van der Waals surface area contributed by atoms with Gasteiger partial charge < -0.3 is 15.3 Å². The molecule has 0 saturated carbocycles. The molecule has 0 radical (unpaired) electrons. The third kappa shape index (κ3) is 4.35. The number of aromatic hydroxyl groups is 3. The quantitative estimate of drug-likeness (QED) is 0.333. The second-order valence-corrected chi connectivity index (χ2v) is 9.35. The van der Waals surface area contributed by atoms with Crippen molar-refractivity contribution in [1.29, 1.82) is 0 Å². The lowest BCUT2D eigenvalue weighted by atomic mass is 10.1. The molecule has 0 amide bonds. The van der Waals surface area contributed by atoms with Crippen molar-refractivity contribution in [1.82, 2.24) is 0 Å². The Morgan fingerprint density at radius 3 is 2.07 bits per heavy atom. The molecule has 3 N–H and O–H groups in total. The summed E-state index contributed by atoms with van der Waals surface area (Å²) in [7, 11) is -4.38. The molecule has 0 unspecified atom stereocenters. The van der Waals surface area contributed by atoms with Crippen molar-refractivity contribution in [2.75, 3.05) is 0 Å². The van der Waals surface area contributed by atoms with Crippen LogP contribution in [0.2, 0.25) is 5.02 Å². The number of hydrogen-bond donors (Lipinski definition) is 3. The van der Waals surface area contributed by atoms with Gasteiger partial charge in [0.15, 0.2) is 0 Å². The van der Waals surface area contributed by atoms with E-state index in [2.05, 4.69) is 15.9 Å². The molecule has 3 aromatic carbocycles. The third-order valence-electron chi connectivity index (χ3n) is 4.14. The lowest BCUT2D eigenvalue weighted by Gasteiger charge is -2.12. The van der Waals surface area contributed by atoms with Crippen LogP contribution in [0.15, 0.2) is 74.9 Å². The molecular formula is C21H14BrClO6S. The van der Waals surface area contributed by atoms with E-state index in [1.165, 1.54) is 42.5 Å². The Kier molecular flexibility index (Phi) is 6.21. The molecule has 9 heteroatoms. The van der Waals surface area contributed by atoms with E-state index in [0.717, 1.165) is 18.2 Å². The topological polar surface area (TPSA) is 112 Å². The highest BCUT2D eigenvalue weighted by Crippen LogP contribution is 2.37. The smallest absolute Gasteiger partial charge is 0.211 e. The fourth-order valence-electron chi connectivity index (χ4n) is 2.68. The Balaban J connectivity index is 2.28. The van der Waals surface area contributed by atoms with Crippen LogP contribution in [0.5, 0.6) is 17.2 Å². The maximum Gasteiger partial charge on any atom is 0.211 e. The van der Waals surface area contributed by atoms with Gasteiger partial charge in [0.1, 0.15) is 22.2 Å². The summed E-state index contributed by atoms with van der Waals surface area (Å²) in [6.45, 7) is 0. The molecule has 0 atom stereocenters. The summed E-state index contributed by atoms with van der Waals surface area (Å²) in [4.78, 5) is 12.3. The Bertz CT molecular complexity index is 1240. The van der Waals surface area contributed by atoms with Gasteiger partial charge in [-0.2, -0.15) is 0 Å². The van der Waals surface area contributed by atoms with Gasteiger partial charge in [-0.1, -0.05) is 23.7 Å². The number of hydrogen-bond acceptors (Lipinski definition) is 6. The van der Waals surface area contributed by atoms with Gasteiger partial charge in [0.25, 0.3) is 0 Å². The minimum Gasteiger partial charge on any atom is -0.508 e. The van der Waals surface area contributed by atoms with E-state index in [1.54, 1.807) is 6.07 Å². The van der Waals surface area contributed by atoms with Crippen molar-refractivity contribution in [2.24, 2.45) is 0 Å². The molecule has 0 aliphatic rings. The summed E-state index contributed by atoms with van der Waals surface area (Å²) in [6.07, 6.45) is 0.871. The number of sulfone groups is 1. The number of phenols is 3. The van der Waals surface area contributed by atoms with Crippen molar-refractivity contribution in [2.45, 2.75) is 4.90 Å². The Hall–Kier alpha value is -2.81. The summed E-state index contributed by atoms with van der Waals surface area (Å²) in [5.74, 6) is -2.50. The number of halogens is 2. The van der Waals surface area contributed by atoms with Gasteiger partial charge >= 0.3 is 0 Å². The predicted molar refractivity (Wildman–Crippen MR) is 117 cm³/mol. The van der Waals surface area contributed by atoms with Gasteiger partial charge in [0, 0.05) is 27.2 Å². The van der Waals surface area contributed by atoms with Crippen LogP contribution in [0.4, 0.5) is 0 Å². The van der Waals surface area contributed by atoms with Gasteiger partial charge in [-0.05, 0) is 58.4 Å². The van der Waals surface area contributed by atoms with Crippen molar-refractivity contribution >= 4 is 49.2 Å². The van der Waals surface area contributed by atoms with E-state index < -0.39 is 37.8 Å². The molecule has 6 nitrogen and oxygen atoms in total. The average molecular weight is 510 g/mol. The van der Waals surface area contributed by atoms with E-state index in [1.807, 2.05) is 0 Å². The minimum atomic E-state index is -4.38. The molecular weight excluding hydrogens is 496 g/mol. The maximum atomic E-state index is 13.4. The van der Waals surface area contributed by atoms with E-state index >= 15 is 0 Å². The fourth-order valence-corrected chi connectivity index (χ4v) is 5.18. The molecule has 0 heterocycles. The number of Topliss-reactive ketones (excluding diaryl/α,β-unsaturated/α-hetero) is 1. The monoisotopic (exact) mass is 508 g/mol. The molecule has 0 aliphatic carbocycles. The molecule has 0 aliphatic heterocycles. The zero-order valence-corrected chi connectivity index (χ0v) is 18.2. The summed E-state index contributed by atoms with van der Waals surface area (Å²) in [5.41, 5.74) is -0.292. The zero-order chi connectivity index (χ0) is 22.1. The highest BCUT2D eigenvalue weighted by Gasteiger charge is 2.30. The van der Waals surface area contributed by atoms with Crippen molar-refractivity contribution < 1.29 is 28.5 Å². The lowest BCUT2D eigenvalue weighted by Crippen LogP contribution is -2.15. The summed E-state index contributed by atoms with van der Waals surface area (Å²) >= 11 is 9.02. The van der Waals surface area contributed by atoms with Crippen molar-refractivity contribution in [3.05, 3.63) is 86.2 Å². The molecule has 0 saturated heterocycles. The van der Waals surface area contributed by atoms with Crippen LogP contribution in [0.1, 0.15) is 15.9 Å². The van der Waals surface area contributed by atoms with Crippen LogP contribution >= 0.6 is 27.5 Å². The molecule has 0 spiro atoms. The average Bonchev–Trinajstić information content (AvgIpc) is 2.67. The summed E-state index contributed by atoms with van der Waals surface area (Å²) in [5, 5.41) is 30.1. The number of benzene rings is 3. The van der Waals surface area contributed by atoms with E-state index in [0.29, 0.717) is 5.02 Å². The largest absolute Gasteiger partial charge is 0.508 e. The second-order valence-electron chi connectivity index (χ2n) is 6.18. The van der Waals surface area contributed by atoms with Gasteiger partial charge in [-0.3, -0.25) is 4.79 Å². The Morgan fingerprint density at radius 2 is 1.50 bits per heavy atom. The second kappa shape index (κ2) is 8.51. The lowest BCUT2D eigenvalue weighted by molar-refractivity contribution is 0.104. The summed E-state index contributed by atoms with van der Waals surface area (Å²) in [6, 6.07) is 13.4. The maximum absolute atomic E-state index is 13.4. The molecule has 3 rings (SSSR count). The highest BCUT2D eigenvalue weighted by molar-refractivity contribution is 9.10. The van der Waals surface area contributed by atoms with Crippen LogP contribution in [0, 0.1) is 0 Å². The van der Waals surface area contributed by atoms with Crippen LogP contribution in [-0.4, -0.2) is 29.5 Å². The number of rotatable bonds is 5. The molecule has 0 bridgehead atoms. The standard InChI is InChI=1S/C21H14BrClO6S/c22-16-3-1-2-4-19(16)30(28,29)20(21(27)12-5-7-13(23)8-6-12)11-15-17(25)9-14(24)10-18(15)26/h1-11,24-26H/b20-11+. The number of phenolic OH excluding ortho intramolecular Hbond substituents is 3. The molecule has 154 valence electrons. The fraction of sp³-hybridized carbons (Fsp3) is 0. The van der Waals surface area contributed by atoms with Crippen molar-refractivity contribution in [3.63, 3.8) is 0 Å². The van der Waals surface area contributed by atoms with Crippen molar-refractivity contribution in [3.8, 4) is 17.2 Å². The van der Waals surface area contributed by atoms with E-state index in [9.17, 15) is 28.5 Å². The summed E-state index contributed by atoms with van der Waals surface area (Å²) < 4.78 is 27.0. The normalized spacial score (nSPS) is 12.0. The van der Waals surface area contributed by atoms with Crippen LogP contribution in [0.25, 0.3) is 6.08 Å². The Morgan fingerprint density at radius 1 is 0.933 bits per heavy atom. The van der Waals surface area contributed by atoms with Crippen LogP contribution in [-0.2, 0) is 9.84 Å². The predicted octanol–water partition coefficient (Wildman–Crippen LogP) is 4.92. The van der Waals surface area contributed by atoms with Gasteiger partial charge in [-0.15, -0.1) is 0 Å². The number of ketones is 1. The van der Waals surface area contributed by atoms with Gasteiger partial charge in [0.05, 0.1) is 10.5 Å². The highest BCUT2D eigenvalue weighted by atomic mass is 79.9.